The predicted molar refractivity (Wildman–Crippen MR) is 97.4 cm³/mol. The fourth-order valence-corrected chi connectivity index (χ4v) is 3.57. The van der Waals surface area contributed by atoms with Crippen LogP contribution in [-0.2, 0) is 4.79 Å². The Bertz CT molecular complexity index is 516. The van der Waals surface area contributed by atoms with Crippen molar-refractivity contribution < 1.29 is 9.90 Å². The molecule has 5 nitrogen and oxygen atoms in total. The molecule has 1 aromatic carbocycles. The van der Waals surface area contributed by atoms with Gasteiger partial charge in [0.1, 0.15) is 0 Å². The van der Waals surface area contributed by atoms with Gasteiger partial charge in [-0.05, 0) is 49.9 Å². The molecule has 0 aromatic heterocycles. The smallest absolute Gasteiger partial charge is 0.238 e. The Balaban J connectivity index is 1.49. The van der Waals surface area contributed by atoms with E-state index in [1.165, 1.54) is 31.4 Å². The number of benzene rings is 1. The minimum Gasteiger partial charge on any atom is -0.393 e. The van der Waals surface area contributed by atoms with Crippen LogP contribution in [0.1, 0.15) is 38.5 Å². The Morgan fingerprint density at radius 2 is 1.62 bits per heavy atom. The second kappa shape index (κ2) is 8.49. The molecule has 3 rings (SSSR count). The average Bonchev–Trinajstić information content (AvgIpc) is 2.87. The standard InChI is InChI=1S/C19H29N3O2/c23-18-9-13-21(14-10-18)15-19(24)20-16-5-7-17(8-6-16)22-11-3-1-2-4-12-22/h5-8,18,23H,1-4,9-15H2,(H,20,24). The highest BCUT2D eigenvalue weighted by atomic mass is 16.3. The van der Waals surface area contributed by atoms with Crippen LogP contribution in [0.4, 0.5) is 11.4 Å². The fraction of sp³-hybridized carbons (Fsp3) is 0.632. The molecule has 132 valence electrons. The van der Waals surface area contributed by atoms with Crippen LogP contribution in [0.2, 0.25) is 0 Å². The maximum Gasteiger partial charge on any atom is 0.238 e. The molecular formula is C19H29N3O2. The van der Waals surface area contributed by atoms with Gasteiger partial charge in [0.25, 0.3) is 0 Å². The third-order valence-electron chi connectivity index (χ3n) is 5.05. The minimum absolute atomic E-state index is 0.0221. The third kappa shape index (κ3) is 4.95. The number of anilines is 2. The maximum absolute atomic E-state index is 12.2. The number of hydrogen-bond donors (Lipinski definition) is 2. The highest BCUT2D eigenvalue weighted by Crippen LogP contribution is 2.21. The lowest BCUT2D eigenvalue weighted by atomic mass is 10.1. The Morgan fingerprint density at radius 3 is 2.25 bits per heavy atom. The van der Waals surface area contributed by atoms with Crippen molar-refractivity contribution in [1.29, 1.82) is 0 Å². The maximum atomic E-state index is 12.2. The number of rotatable bonds is 4. The Labute approximate surface area is 144 Å². The van der Waals surface area contributed by atoms with E-state index in [0.29, 0.717) is 6.54 Å². The summed E-state index contributed by atoms with van der Waals surface area (Å²) in [6.07, 6.45) is 6.52. The summed E-state index contributed by atoms with van der Waals surface area (Å²) >= 11 is 0. The first-order valence-corrected chi connectivity index (χ1v) is 9.26. The molecule has 2 heterocycles. The molecule has 2 aliphatic heterocycles. The van der Waals surface area contributed by atoms with E-state index in [9.17, 15) is 9.90 Å². The number of aliphatic hydroxyl groups is 1. The van der Waals surface area contributed by atoms with Crippen LogP contribution in [0.3, 0.4) is 0 Å². The van der Waals surface area contributed by atoms with Gasteiger partial charge in [-0.2, -0.15) is 0 Å². The molecule has 0 bridgehead atoms. The molecule has 0 spiro atoms. The molecule has 0 aliphatic carbocycles. The number of aliphatic hydroxyl groups excluding tert-OH is 1. The summed E-state index contributed by atoms with van der Waals surface area (Å²) in [5.41, 5.74) is 2.11. The van der Waals surface area contributed by atoms with E-state index in [1.54, 1.807) is 0 Å². The van der Waals surface area contributed by atoms with Gasteiger partial charge in [0, 0.05) is 37.6 Å². The fourth-order valence-electron chi connectivity index (χ4n) is 3.57. The van der Waals surface area contributed by atoms with Crippen LogP contribution in [-0.4, -0.2) is 54.7 Å². The van der Waals surface area contributed by atoms with E-state index in [0.717, 1.165) is 44.7 Å². The van der Waals surface area contributed by atoms with Crippen molar-refractivity contribution in [3.63, 3.8) is 0 Å². The second-order valence-corrected chi connectivity index (χ2v) is 7.00. The summed E-state index contributed by atoms with van der Waals surface area (Å²) in [6.45, 7) is 4.25. The molecule has 0 unspecified atom stereocenters. The summed E-state index contributed by atoms with van der Waals surface area (Å²) in [6, 6.07) is 8.21. The second-order valence-electron chi connectivity index (χ2n) is 7.00. The van der Waals surface area contributed by atoms with Gasteiger partial charge in [0.05, 0.1) is 12.6 Å². The van der Waals surface area contributed by atoms with Crippen molar-refractivity contribution in [3.05, 3.63) is 24.3 Å². The highest BCUT2D eigenvalue weighted by Gasteiger charge is 2.19. The normalized spacial score (nSPS) is 20.6. The average molecular weight is 331 g/mol. The molecule has 2 fully saturated rings. The number of carbonyl (C=O) groups is 1. The largest absolute Gasteiger partial charge is 0.393 e. The number of nitrogens with one attached hydrogen (secondary N) is 1. The van der Waals surface area contributed by atoms with Crippen LogP contribution >= 0.6 is 0 Å². The molecule has 2 N–H and O–H groups in total. The molecule has 5 heteroatoms. The zero-order valence-corrected chi connectivity index (χ0v) is 14.4. The predicted octanol–water partition coefficient (Wildman–Crippen LogP) is 2.46. The van der Waals surface area contributed by atoms with Crippen molar-refractivity contribution in [2.45, 2.75) is 44.6 Å². The van der Waals surface area contributed by atoms with Gasteiger partial charge in [-0.25, -0.2) is 0 Å². The minimum atomic E-state index is -0.198. The lowest BCUT2D eigenvalue weighted by Crippen LogP contribution is -2.40. The van der Waals surface area contributed by atoms with E-state index in [4.69, 9.17) is 0 Å². The van der Waals surface area contributed by atoms with Crippen LogP contribution in [0.5, 0.6) is 0 Å². The van der Waals surface area contributed by atoms with E-state index >= 15 is 0 Å². The summed E-state index contributed by atoms with van der Waals surface area (Å²) in [5, 5.41) is 12.5. The van der Waals surface area contributed by atoms with E-state index in [2.05, 4.69) is 27.2 Å². The van der Waals surface area contributed by atoms with E-state index in [-0.39, 0.29) is 12.0 Å². The van der Waals surface area contributed by atoms with Gasteiger partial charge < -0.3 is 15.3 Å². The number of likely N-dealkylation sites (tertiary alicyclic amines) is 1. The number of hydrogen-bond acceptors (Lipinski definition) is 4. The summed E-state index contributed by atoms with van der Waals surface area (Å²) in [7, 11) is 0. The number of carbonyl (C=O) groups excluding carboxylic acids is 1. The molecule has 24 heavy (non-hydrogen) atoms. The van der Waals surface area contributed by atoms with Gasteiger partial charge in [0.15, 0.2) is 0 Å². The number of nitrogens with zero attached hydrogens (tertiary/aromatic N) is 2. The first-order chi connectivity index (χ1) is 11.7. The van der Waals surface area contributed by atoms with Crippen LogP contribution in [0, 0.1) is 0 Å². The Morgan fingerprint density at radius 1 is 1.00 bits per heavy atom. The van der Waals surface area contributed by atoms with Crippen LogP contribution in [0.15, 0.2) is 24.3 Å². The van der Waals surface area contributed by atoms with Gasteiger partial charge in [0.2, 0.25) is 5.91 Å². The molecule has 0 atom stereocenters. The first kappa shape index (κ1) is 17.2. The van der Waals surface area contributed by atoms with Gasteiger partial charge in [-0.15, -0.1) is 0 Å². The molecule has 2 aliphatic rings. The van der Waals surface area contributed by atoms with Gasteiger partial charge in [-0.3, -0.25) is 9.69 Å². The lowest BCUT2D eigenvalue weighted by molar-refractivity contribution is -0.117. The highest BCUT2D eigenvalue weighted by molar-refractivity contribution is 5.92. The molecule has 0 radical (unpaired) electrons. The quantitative estimate of drug-likeness (QED) is 0.890. The zero-order valence-electron chi connectivity index (χ0n) is 14.4. The summed E-state index contributed by atoms with van der Waals surface area (Å²) in [5.74, 6) is 0.0221. The Kier molecular flexibility index (Phi) is 6.10. The molecule has 1 aromatic rings. The topological polar surface area (TPSA) is 55.8 Å². The number of piperidine rings is 1. The van der Waals surface area contributed by atoms with Crippen molar-refractivity contribution in [2.24, 2.45) is 0 Å². The number of amides is 1. The molecule has 0 saturated carbocycles. The lowest BCUT2D eigenvalue weighted by Gasteiger charge is -2.28. The Hall–Kier alpha value is -1.59. The van der Waals surface area contributed by atoms with Gasteiger partial charge in [-0.1, -0.05) is 12.8 Å². The zero-order chi connectivity index (χ0) is 16.8. The van der Waals surface area contributed by atoms with E-state index in [1.807, 2.05) is 12.1 Å². The molecule has 1 amide bonds. The molecular weight excluding hydrogens is 302 g/mol. The van der Waals surface area contributed by atoms with Crippen LogP contribution in [0.25, 0.3) is 0 Å². The monoisotopic (exact) mass is 331 g/mol. The van der Waals surface area contributed by atoms with Crippen molar-refractivity contribution in [2.75, 3.05) is 42.9 Å². The van der Waals surface area contributed by atoms with Crippen molar-refractivity contribution in [1.82, 2.24) is 4.90 Å². The third-order valence-corrected chi connectivity index (χ3v) is 5.05. The summed E-state index contributed by atoms with van der Waals surface area (Å²) < 4.78 is 0. The van der Waals surface area contributed by atoms with Crippen LogP contribution < -0.4 is 10.2 Å². The van der Waals surface area contributed by atoms with Gasteiger partial charge >= 0.3 is 0 Å². The van der Waals surface area contributed by atoms with Crippen molar-refractivity contribution in [3.8, 4) is 0 Å². The molecule has 2 saturated heterocycles. The van der Waals surface area contributed by atoms with Crippen molar-refractivity contribution >= 4 is 17.3 Å². The first-order valence-electron chi connectivity index (χ1n) is 9.26. The summed E-state index contributed by atoms with van der Waals surface area (Å²) in [4.78, 5) is 16.7. The SMILES string of the molecule is O=C(CN1CCC(O)CC1)Nc1ccc(N2CCCCCC2)cc1. The van der Waals surface area contributed by atoms with E-state index < -0.39 is 0 Å².